The SMILES string of the molecule is CC(O)(c1cccc(CCC=O)c1)c1cnc(-c2cc(Oc3c(F)c(F)c4[nH]ccc4c3C3CC3)ccc2F)[nH]1. The van der Waals surface area contributed by atoms with Crippen LogP contribution >= 0.6 is 0 Å². The molecule has 3 N–H and O–H groups in total. The number of aromatic nitrogens is 3. The molecule has 204 valence electrons. The van der Waals surface area contributed by atoms with Gasteiger partial charge < -0.3 is 24.6 Å². The molecule has 0 saturated heterocycles. The van der Waals surface area contributed by atoms with Crippen LogP contribution < -0.4 is 4.74 Å². The minimum absolute atomic E-state index is 0.0378. The van der Waals surface area contributed by atoms with Crippen LogP contribution in [-0.4, -0.2) is 26.3 Å². The van der Waals surface area contributed by atoms with Gasteiger partial charge in [-0.05, 0) is 67.5 Å². The summed E-state index contributed by atoms with van der Waals surface area (Å²) in [4.78, 5) is 20.8. The molecule has 0 aliphatic heterocycles. The van der Waals surface area contributed by atoms with Crippen LogP contribution in [0.15, 0.2) is 60.9 Å². The number of carbonyl (C=O) groups excluding carboxylic acids is 1. The van der Waals surface area contributed by atoms with E-state index in [-0.39, 0.29) is 34.3 Å². The lowest BCUT2D eigenvalue weighted by Crippen LogP contribution is -2.23. The fourth-order valence-electron chi connectivity index (χ4n) is 5.09. The molecule has 1 aliphatic carbocycles. The van der Waals surface area contributed by atoms with Gasteiger partial charge in [-0.15, -0.1) is 0 Å². The highest BCUT2D eigenvalue weighted by atomic mass is 19.2. The lowest BCUT2D eigenvalue weighted by Gasteiger charge is -2.23. The van der Waals surface area contributed by atoms with Gasteiger partial charge in [-0.1, -0.05) is 24.3 Å². The molecule has 2 heterocycles. The first-order valence-corrected chi connectivity index (χ1v) is 13.0. The highest BCUT2D eigenvalue weighted by molar-refractivity contribution is 5.87. The van der Waals surface area contributed by atoms with Gasteiger partial charge in [0.1, 0.15) is 29.3 Å². The smallest absolute Gasteiger partial charge is 0.203 e. The topological polar surface area (TPSA) is 91.0 Å². The van der Waals surface area contributed by atoms with Crippen LogP contribution in [0.2, 0.25) is 0 Å². The zero-order valence-electron chi connectivity index (χ0n) is 21.6. The molecule has 2 aromatic heterocycles. The van der Waals surface area contributed by atoms with Crippen molar-refractivity contribution in [3.63, 3.8) is 0 Å². The normalized spacial score (nSPS) is 14.8. The largest absolute Gasteiger partial charge is 0.454 e. The van der Waals surface area contributed by atoms with Crippen LogP contribution in [0.1, 0.15) is 54.5 Å². The van der Waals surface area contributed by atoms with Crippen LogP contribution in [-0.2, 0) is 16.8 Å². The van der Waals surface area contributed by atoms with Gasteiger partial charge in [0.2, 0.25) is 5.82 Å². The summed E-state index contributed by atoms with van der Waals surface area (Å²) in [5, 5.41) is 11.9. The van der Waals surface area contributed by atoms with Gasteiger partial charge in [0.15, 0.2) is 11.6 Å². The molecular weight excluding hydrogens is 519 g/mol. The van der Waals surface area contributed by atoms with Gasteiger partial charge in [0.25, 0.3) is 0 Å². The van der Waals surface area contributed by atoms with E-state index in [1.807, 2.05) is 12.1 Å². The molecule has 6 nitrogen and oxygen atoms in total. The third-order valence-electron chi connectivity index (χ3n) is 7.43. The van der Waals surface area contributed by atoms with E-state index >= 15 is 4.39 Å². The third kappa shape index (κ3) is 4.56. The summed E-state index contributed by atoms with van der Waals surface area (Å²) in [6.45, 7) is 1.59. The van der Waals surface area contributed by atoms with E-state index in [0.29, 0.717) is 35.0 Å². The number of hydrogen-bond donors (Lipinski definition) is 3. The Kier molecular flexibility index (Phi) is 6.46. The van der Waals surface area contributed by atoms with Gasteiger partial charge in [0.05, 0.1) is 23.0 Å². The van der Waals surface area contributed by atoms with Crippen LogP contribution in [0, 0.1) is 17.5 Å². The maximum Gasteiger partial charge on any atom is 0.203 e. The van der Waals surface area contributed by atoms with Crippen molar-refractivity contribution < 1.29 is 27.8 Å². The number of nitrogens with zero attached hydrogens (tertiary/aromatic N) is 1. The number of aliphatic hydroxyl groups is 1. The summed E-state index contributed by atoms with van der Waals surface area (Å²) in [6.07, 6.45) is 6.41. The third-order valence-corrected chi connectivity index (χ3v) is 7.43. The molecule has 1 atom stereocenters. The zero-order valence-corrected chi connectivity index (χ0v) is 21.6. The number of benzene rings is 3. The maximum atomic E-state index is 15.2. The number of aldehydes is 1. The van der Waals surface area contributed by atoms with E-state index in [0.717, 1.165) is 24.7 Å². The maximum absolute atomic E-state index is 15.2. The second-order valence-electron chi connectivity index (χ2n) is 10.3. The molecule has 5 aromatic rings. The highest BCUT2D eigenvalue weighted by Gasteiger charge is 2.34. The van der Waals surface area contributed by atoms with Crippen molar-refractivity contribution in [1.29, 1.82) is 0 Å². The Labute approximate surface area is 227 Å². The molecule has 9 heteroatoms. The molecule has 6 rings (SSSR count). The molecule has 1 saturated carbocycles. The number of fused-ring (bicyclic) bond motifs is 1. The Morgan fingerprint density at radius 3 is 2.73 bits per heavy atom. The molecule has 1 fully saturated rings. The Balaban J connectivity index is 1.33. The van der Waals surface area contributed by atoms with Crippen LogP contribution in [0.3, 0.4) is 0 Å². The fourth-order valence-corrected chi connectivity index (χ4v) is 5.09. The van der Waals surface area contributed by atoms with Crippen molar-refractivity contribution in [3.05, 3.63) is 101 Å². The molecule has 1 aliphatic rings. The standard InChI is InChI=1S/C31H26F3N3O3/c1-31(39,19-6-2-4-17(14-19)5-3-13-38)24-16-36-30(37-24)22-15-20(9-10-23(22)32)40-29-25(18-7-8-18)21-11-12-35-28(21)26(33)27(29)34/h2,4,6,9-16,18,35,39H,3,5,7-8H2,1H3,(H,36,37). The lowest BCUT2D eigenvalue weighted by atomic mass is 9.91. The number of imidazole rings is 1. The van der Waals surface area contributed by atoms with E-state index in [2.05, 4.69) is 15.0 Å². The second kappa shape index (κ2) is 9.98. The minimum atomic E-state index is -1.49. The Bertz CT molecular complexity index is 1740. The average Bonchev–Trinajstić information content (AvgIpc) is 3.44. The Hall–Kier alpha value is -4.37. The number of aromatic amines is 2. The van der Waals surface area contributed by atoms with Crippen LogP contribution in [0.25, 0.3) is 22.3 Å². The second-order valence-corrected chi connectivity index (χ2v) is 10.3. The summed E-state index contributed by atoms with van der Waals surface area (Å²) in [5.74, 6) is -2.66. The number of hydrogen-bond acceptors (Lipinski definition) is 4. The summed E-state index contributed by atoms with van der Waals surface area (Å²) in [6, 6.07) is 12.8. The highest BCUT2D eigenvalue weighted by Crippen LogP contribution is 2.50. The van der Waals surface area contributed by atoms with Crippen LogP contribution in [0.4, 0.5) is 13.2 Å². The number of carbonyl (C=O) groups is 1. The summed E-state index contributed by atoms with van der Waals surface area (Å²) in [7, 11) is 0. The van der Waals surface area contributed by atoms with Crippen molar-refractivity contribution in [2.24, 2.45) is 0 Å². The van der Waals surface area contributed by atoms with Gasteiger partial charge in [-0.2, -0.15) is 4.39 Å². The van der Waals surface area contributed by atoms with Gasteiger partial charge >= 0.3 is 0 Å². The van der Waals surface area contributed by atoms with E-state index in [4.69, 9.17) is 4.74 Å². The van der Waals surface area contributed by atoms with Crippen molar-refractivity contribution in [3.8, 4) is 22.9 Å². The molecular formula is C31H26F3N3O3. The van der Waals surface area contributed by atoms with E-state index in [9.17, 15) is 18.7 Å². The first kappa shape index (κ1) is 25.9. The monoisotopic (exact) mass is 545 g/mol. The van der Waals surface area contributed by atoms with Gasteiger partial charge in [-0.3, -0.25) is 0 Å². The molecule has 0 spiro atoms. The van der Waals surface area contributed by atoms with Crippen molar-refractivity contribution in [1.82, 2.24) is 15.0 Å². The van der Waals surface area contributed by atoms with E-state index < -0.39 is 23.1 Å². The number of ether oxygens (including phenoxy) is 1. The first-order valence-electron chi connectivity index (χ1n) is 13.0. The molecule has 40 heavy (non-hydrogen) atoms. The summed E-state index contributed by atoms with van der Waals surface area (Å²) in [5.41, 5.74) is 1.03. The van der Waals surface area contributed by atoms with Crippen LogP contribution in [0.5, 0.6) is 11.5 Å². The number of H-pyrrole nitrogens is 2. The molecule has 3 aromatic carbocycles. The Morgan fingerprint density at radius 1 is 1.12 bits per heavy atom. The number of halogens is 3. The molecule has 0 amide bonds. The molecule has 1 unspecified atom stereocenters. The predicted octanol–water partition coefficient (Wildman–Crippen LogP) is 7.03. The van der Waals surface area contributed by atoms with Crippen molar-refractivity contribution in [2.45, 2.75) is 44.1 Å². The van der Waals surface area contributed by atoms with Gasteiger partial charge in [-0.25, -0.2) is 13.8 Å². The number of nitrogens with one attached hydrogen (secondary N) is 2. The van der Waals surface area contributed by atoms with E-state index in [1.165, 1.54) is 24.4 Å². The average molecular weight is 546 g/mol. The summed E-state index contributed by atoms with van der Waals surface area (Å²) >= 11 is 0. The van der Waals surface area contributed by atoms with Crippen molar-refractivity contribution >= 4 is 17.2 Å². The molecule has 0 bridgehead atoms. The fraction of sp³-hybridized carbons (Fsp3) is 0.226. The van der Waals surface area contributed by atoms with Gasteiger partial charge in [0, 0.05) is 23.6 Å². The van der Waals surface area contributed by atoms with Crippen molar-refractivity contribution in [2.75, 3.05) is 0 Å². The number of rotatable bonds is 9. The lowest BCUT2D eigenvalue weighted by molar-refractivity contribution is -0.107. The van der Waals surface area contributed by atoms with E-state index in [1.54, 1.807) is 31.3 Å². The predicted molar refractivity (Wildman–Crippen MR) is 144 cm³/mol. The first-order chi connectivity index (χ1) is 19.3. The summed E-state index contributed by atoms with van der Waals surface area (Å²) < 4.78 is 50.9. The number of aryl methyl sites for hydroxylation is 1. The zero-order chi connectivity index (χ0) is 28.0. The molecule has 0 radical (unpaired) electrons. The quantitative estimate of drug-likeness (QED) is 0.173. The Morgan fingerprint density at radius 2 is 1.95 bits per heavy atom. The minimum Gasteiger partial charge on any atom is -0.454 e.